The zero-order chi connectivity index (χ0) is 42.9. The smallest absolute Gasteiger partial charge is 0.0468 e. The normalized spacial score (nSPS) is 18.6. The Morgan fingerprint density at radius 2 is 0.583 bits per heavy atom. The van der Waals surface area contributed by atoms with Crippen molar-refractivity contribution in [3.05, 3.63) is 165 Å². The summed E-state index contributed by atoms with van der Waals surface area (Å²) in [5.74, 6) is 0. The van der Waals surface area contributed by atoms with Gasteiger partial charge in [0, 0.05) is 43.1 Å². The zero-order valence-electron chi connectivity index (χ0n) is 37.4. The quantitative estimate of drug-likeness (QED) is 0.153. The summed E-state index contributed by atoms with van der Waals surface area (Å²) in [5, 5.41) is 4.93. The topological polar surface area (TPSA) is 6.48 Å². The second kappa shape index (κ2) is 13.6. The fraction of sp³-hybridized carbons (Fsp3) is 0.321. The van der Waals surface area contributed by atoms with Gasteiger partial charge in [-0.2, -0.15) is 0 Å². The van der Waals surface area contributed by atoms with Gasteiger partial charge in [0.2, 0.25) is 0 Å². The van der Waals surface area contributed by atoms with Crippen LogP contribution in [0.4, 0.5) is 34.1 Å². The molecule has 0 radical (unpaired) electrons. The Balaban J connectivity index is 1.15. The minimum atomic E-state index is 0.00623. The minimum absolute atomic E-state index is 0.00623. The van der Waals surface area contributed by atoms with E-state index in [0.717, 1.165) is 31.7 Å². The number of halogens is 2. The van der Waals surface area contributed by atoms with Crippen molar-refractivity contribution >= 4 is 87.5 Å². The first-order chi connectivity index (χ1) is 28.1. The molecule has 0 unspecified atom stereocenters. The van der Waals surface area contributed by atoms with Crippen LogP contribution in [0.2, 0.25) is 0 Å². The molecule has 4 heteroatoms. The highest BCUT2D eigenvalue weighted by atomic mass is 79.9. The highest BCUT2D eigenvalue weighted by molar-refractivity contribution is 9.10. The first-order valence-corrected chi connectivity index (χ1v) is 23.1. The average Bonchev–Trinajstić information content (AvgIpc) is 3.38. The lowest BCUT2D eigenvalue weighted by atomic mass is 9.59. The molecule has 0 atom stereocenters. The molecule has 2 aliphatic carbocycles. The van der Waals surface area contributed by atoms with Crippen molar-refractivity contribution in [3.8, 4) is 0 Å². The van der Waals surface area contributed by atoms with Gasteiger partial charge in [0.25, 0.3) is 0 Å². The molecule has 2 nitrogen and oxygen atoms in total. The SMILES string of the molecule is CC1(C)c2ccc(N(c3ccc(Br)cc3)c3ccc4c(ccc5cc(N(c6ccc(Br)cc6)c6ccc7c(c6)C(C)(C)C(C)(C)C7(C)C)ccc54)c3)cc2C(C)(C)C1(C)C. The molecule has 2 aliphatic rings. The molecule has 306 valence electrons. The number of fused-ring (bicyclic) bond motifs is 5. The molecule has 7 aromatic rings. The van der Waals surface area contributed by atoms with E-state index in [2.05, 4.69) is 258 Å². The highest BCUT2D eigenvalue weighted by Crippen LogP contribution is 2.63. The lowest BCUT2D eigenvalue weighted by Crippen LogP contribution is -2.42. The van der Waals surface area contributed by atoms with Crippen molar-refractivity contribution in [3.63, 3.8) is 0 Å². The second-order valence-corrected chi connectivity index (χ2v) is 22.5. The number of hydrogen-bond acceptors (Lipinski definition) is 2. The molecule has 0 saturated heterocycles. The van der Waals surface area contributed by atoms with Crippen LogP contribution in [0.15, 0.2) is 142 Å². The number of benzene rings is 7. The molecule has 0 saturated carbocycles. The van der Waals surface area contributed by atoms with Gasteiger partial charge in [0.05, 0.1) is 0 Å². The van der Waals surface area contributed by atoms with Crippen molar-refractivity contribution in [2.24, 2.45) is 10.8 Å². The van der Waals surface area contributed by atoms with Crippen molar-refractivity contribution in [1.82, 2.24) is 0 Å². The third-order valence-electron chi connectivity index (χ3n) is 17.0. The van der Waals surface area contributed by atoms with Gasteiger partial charge in [-0.05, 0) is 173 Å². The van der Waals surface area contributed by atoms with E-state index in [1.807, 2.05) is 0 Å². The molecule has 60 heavy (non-hydrogen) atoms. The molecule has 0 bridgehead atoms. The van der Waals surface area contributed by atoms with E-state index < -0.39 is 0 Å². The Labute approximate surface area is 375 Å². The van der Waals surface area contributed by atoms with E-state index in [1.165, 1.54) is 55.2 Å². The first kappa shape index (κ1) is 41.0. The third-order valence-corrected chi connectivity index (χ3v) is 18.0. The van der Waals surface area contributed by atoms with Gasteiger partial charge >= 0.3 is 0 Å². The molecule has 0 spiro atoms. The number of hydrogen-bond donors (Lipinski definition) is 0. The Hall–Kier alpha value is -4.38. The molecule has 0 heterocycles. The monoisotopic (exact) mass is 916 g/mol. The van der Waals surface area contributed by atoms with Crippen LogP contribution in [0.1, 0.15) is 105 Å². The van der Waals surface area contributed by atoms with Crippen molar-refractivity contribution in [2.45, 2.75) is 105 Å². The van der Waals surface area contributed by atoms with Crippen molar-refractivity contribution < 1.29 is 0 Å². The van der Waals surface area contributed by atoms with Gasteiger partial charge in [-0.3, -0.25) is 0 Å². The summed E-state index contributed by atoms with van der Waals surface area (Å²) in [4.78, 5) is 4.84. The van der Waals surface area contributed by atoms with Crippen LogP contribution >= 0.6 is 31.9 Å². The van der Waals surface area contributed by atoms with Gasteiger partial charge in [-0.25, -0.2) is 0 Å². The van der Waals surface area contributed by atoms with E-state index >= 15 is 0 Å². The summed E-state index contributed by atoms with van der Waals surface area (Å²) in [7, 11) is 0. The number of anilines is 6. The van der Waals surface area contributed by atoms with E-state index in [1.54, 1.807) is 0 Å². The summed E-state index contributed by atoms with van der Waals surface area (Å²) in [6.45, 7) is 29.1. The fourth-order valence-electron chi connectivity index (χ4n) is 10.8. The molecular formula is C56H58Br2N2. The zero-order valence-corrected chi connectivity index (χ0v) is 40.5. The van der Waals surface area contributed by atoms with Crippen LogP contribution in [0.5, 0.6) is 0 Å². The Morgan fingerprint density at radius 3 is 0.933 bits per heavy atom. The largest absolute Gasteiger partial charge is 0.310 e. The van der Waals surface area contributed by atoms with Gasteiger partial charge in [0.15, 0.2) is 0 Å². The van der Waals surface area contributed by atoms with Gasteiger partial charge < -0.3 is 9.80 Å². The maximum atomic E-state index is 3.69. The second-order valence-electron chi connectivity index (χ2n) is 20.7. The molecule has 0 aliphatic heterocycles. The molecule has 0 fully saturated rings. The van der Waals surface area contributed by atoms with E-state index in [9.17, 15) is 0 Å². The maximum absolute atomic E-state index is 3.69. The van der Waals surface area contributed by atoms with Crippen LogP contribution in [-0.4, -0.2) is 0 Å². The summed E-state index contributed by atoms with van der Waals surface area (Å²) in [5.41, 5.74) is 13.0. The van der Waals surface area contributed by atoms with Crippen molar-refractivity contribution in [2.75, 3.05) is 9.80 Å². The van der Waals surface area contributed by atoms with E-state index in [4.69, 9.17) is 0 Å². The predicted molar refractivity (Wildman–Crippen MR) is 266 cm³/mol. The van der Waals surface area contributed by atoms with Crippen LogP contribution < -0.4 is 9.80 Å². The predicted octanol–water partition coefficient (Wildman–Crippen LogP) is 17.6. The molecule has 0 N–H and O–H groups in total. The molecule has 7 aromatic carbocycles. The Morgan fingerprint density at radius 1 is 0.300 bits per heavy atom. The number of nitrogens with zero attached hydrogens (tertiary/aromatic N) is 2. The van der Waals surface area contributed by atoms with Gasteiger partial charge in [0.1, 0.15) is 0 Å². The van der Waals surface area contributed by atoms with Crippen molar-refractivity contribution in [1.29, 1.82) is 0 Å². The van der Waals surface area contributed by atoms with Gasteiger partial charge in [-0.15, -0.1) is 0 Å². The minimum Gasteiger partial charge on any atom is -0.310 e. The maximum Gasteiger partial charge on any atom is 0.0468 e. The lowest BCUT2D eigenvalue weighted by molar-refractivity contribution is 0.125. The third kappa shape index (κ3) is 5.75. The summed E-state index contributed by atoms with van der Waals surface area (Å²) in [6.07, 6.45) is 0. The number of rotatable bonds is 6. The fourth-order valence-corrected chi connectivity index (χ4v) is 11.3. The van der Waals surface area contributed by atoms with Crippen LogP contribution in [0.25, 0.3) is 21.5 Å². The Bertz CT molecular complexity index is 2640. The molecule has 9 rings (SSSR count). The summed E-state index contributed by atoms with van der Waals surface area (Å²) < 4.78 is 2.14. The summed E-state index contributed by atoms with van der Waals surface area (Å²) >= 11 is 7.37. The lowest BCUT2D eigenvalue weighted by Gasteiger charge is -2.44. The van der Waals surface area contributed by atoms with Gasteiger partial charge in [-0.1, -0.05) is 151 Å². The van der Waals surface area contributed by atoms with Crippen LogP contribution in [0.3, 0.4) is 0 Å². The Kier molecular flexibility index (Phi) is 9.26. The van der Waals surface area contributed by atoms with Crippen LogP contribution in [0, 0.1) is 10.8 Å². The van der Waals surface area contributed by atoms with E-state index in [-0.39, 0.29) is 32.5 Å². The highest BCUT2D eigenvalue weighted by Gasteiger charge is 2.58. The molecular weight excluding hydrogens is 860 g/mol. The standard InChI is InChI=1S/C56H58Br2N2/c1-51(2)47-29-25-43(33-49(47)53(5,6)55(51,9)10)59(39-19-15-37(57)16-20-39)41-23-27-45-35(31-41)13-14-36-32-42(24-28-46(36)45)60(40-21-17-38(58)18-22-40)44-26-30-48-50(34-44)54(7,8)56(11,12)52(48,3)4/h13-34H,1-12H3. The molecule has 0 aromatic heterocycles. The van der Waals surface area contributed by atoms with E-state index in [0.29, 0.717) is 0 Å². The molecule has 0 amide bonds. The van der Waals surface area contributed by atoms with Crippen LogP contribution in [-0.2, 0) is 21.7 Å². The summed E-state index contributed by atoms with van der Waals surface area (Å²) in [6, 6.07) is 50.3. The average molecular weight is 919 g/mol. The first-order valence-electron chi connectivity index (χ1n) is 21.5.